The average molecular weight is 781 g/mol. The van der Waals surface area contributed by atoms with Crippen molar-refractivity contribution in [2.45, 2.75) is 129 Å². The van der Waals surface area contributed by atoms with Crippen molar-refractivity contribution in [3.63, 3.8) is 0 Å². The van der Waals surface area contributed by atoms with Crippen LogP contribution in [0.1, 0.15) is 141 Å². The lowest BCUT2D eigenvalue weighted by Gasteiger charge is -2.42. The third-order valence-electron chi connectivity index (χ3n) is 11.7. The van der Waals surface area contributed by atoms with Crippen molar-refractivity contribution < 1.29 is 14.3 Å². The molecule has 0 bridgehead atoms. The summed E-state index contributed by atoms with van der Waals surface area (Å²) in [6.07, 6.45) is 0.992. The number of ether oxygens (including phenoxy) is 2. The largest absolute Gasteiger partial charge is 0.496 e. The monoisotopic (exact) mass is 780 g/mol. The van der Waals surface area contributed by atoms with Crippen LogP contribution >= 0.6 is 7.92 Å². The highest BCUT2D eigenvalue weighted by atomic mass is 31.1. The molecule has 6 rings (SSSR count). The van der Waals surface area contributed by atoms with Crippen LogP contribution in [0.4, 0.5) is 0 Å². The van der Waals surface area contributed by atoms with Gasteiger partial charge in [-0.25, -0.2) is 0 Å². The van der Waals surface area contributed by atoms with Crippen LogP contribution in [0.25, 0.3) is 22.3 Å². The maximum atomic E-state index is 14.6. The van der Waals surface area contributed by atoms with E-state index in [1.165, 1.54) is 38.7 Å². The van der Waals surface area contributed by atoms with Gasteiger partial charge in [-0.05, 0) is 83.6 Å². The summed E-state index contributed by atoms with van der Waals surface area (Å²) in [5, 5.41) is 1.29. The Morgan fingerprint density at radius 1 is 0.456 bits per heavy atom. The van der Waals surface area contributed by atoms with Crippen LogP contribution in [-0.2, 0) is 26.5 Å². The molecule has 0 spiro atoms. The summed E-state index contributed by atoms with van der Waals surface area (Å²) in [5.41, 5.74) is 11.8. The fraction of sp³-hybridized carbons (Fsp3) is 0.415. The molecule has 57 heavy (non-hydrogen) atoms. The quantitative estimate of drug-likeness (QED) is 0.154. The van der Waals surface area contributed by atoms with Gasteiger partial charge in [0, 0.05) is 35.3 Å². The summed E-state index contributed by atoms with van der Waals surface area (Å²) >= 11 is 0. The number of Topliss-reactive ketones (excluding diaryl/α,β-unsaturated/α-hetero) is 1. The Morgan fingerprint density at radius 3 is 1.09 bits per heavy atom. The van der Waals surface area contributed by atoms with E-state index in [1.807, 2.05) is 12.1 Å². The van der Waals surface area contributed by atoms with Crippen LogP contribution in [0.2, 0.25) is 0 Å². The van der Waals surface area contributed by atoms with Crippen LogP contribution in [-0.4, -0.2) is 20.0 Å². The van der Waals surface area contributed by atoms with E-state index in [-0.39, 0.29) is 33.0 Å². The van der Waals surface area contributed by atoms with Crippen LogP contribution in [0.15, 0.2) is 103 Å². The average Bonchev–Trinajstić information content (AvgIpc) is 3.15. The molecule has 2 unspecified atom stereocenters. The predicted molar refractivity (Wildman–Crippen MR) is 244 cm³/mol. The zero-order valence-electron chi connectivity index (χ0n) is 37.1. The summed E-state index contributed by atoms with van der Waals surface area (Å²) in [7, 11) is 2.40. The maximum absolute atomic E-state index is 14.6. The van der Waals surface area contributed by atoms with Gasteiger partial charge in [-0.1, -0.05) is 182 Å². The van der Waals surface area contributed by atoms with Gasteiger partial charge in [0.05, 0.1) is 14.2 Å². The molecule has 3 nitrogen and oxygen atoms in total. The van der Waals surface area contributed by atoms with Gasteiger partial charge in [-0.3, -0.25) is 4.79 Å². The molecule has 0 amide bonds. The minimum Gasteiger partial charge on any atom is -0.496 e. The molecule has 5 aromatic carbocycles. The highest BCUT2D eigenvalue weighted by molar-refractivity contribution is 7.67. The summed E-state index contributed by atoms with van der Waals surface area (Å²) in [4.78, 5) is 14.6. The molecular formula is C53H65O3P. The molecule has 1 aliphatic rings. The number of hydrogen-bond donors (Lipinski definition) is 0. The first-order chi connectivity index (χ1) is 26.6. The Morgan fingerprint density at radius 2 is 0.772 bits per heavy atom. The number of rotatable bonds is 7. The Labute approximate surface area is 345 Å². The summed E-state index contributed by atoms with van der Waals surface area (Å²) < 4.78 is 12.2. The van der Waals surface area contributed by atoms with Crippen molar-refractivity contribution in [3.05, 3.63) is 137 Å². The van der Waals surface area contributed by atoms with Gasteiger partial charge in [0.2, 0.25) is 0 Å². The number of benzene rings is 5. The van der Waals surface area contributed by atoms with E-state index in [4.69, 9.17) is 9.47 Å². The molecule has 0 N–H and O–H groups in total. The van der Waals surface area contributed by atoms with E-state index in [0.717, 1.165) is 33.8 Å². The standard InChI is InChI=1S/C53H65O3P/c1-50(2,3)36-26-34(27-37(30-36)51(4,5)6)47-32-40(54)33-48(35-28-38(52(7,8)9)31-39(29-35)53(10,11)12)57(47)49-43(41-20-15-17-24-45(41)55-13)22-19-23-44(49)42-21-16-18-25-46(42)56-14/h15-31,47-48H,32-33H2,1-14H3. The number of hydrogen-bond acceptors (Lipinski definition) is 3. The van der Waals surface area contributed by atoms with Gasteiger partial charge in [0.1, 0.15) is 17.3 Å². The van der Waals surface area contributed by atoms with Crippen molar-refractivity contribution in [1.82, 2.24) is 0 Å². The fourth-order valence-corrected chi connectivity index (χ4v) is 12.0. The van der Waals surface area contributed by atoms with E-state index in [9.17, 15) is 4.79 Å². The van der Waals surface area contributed by atoms with Crippen LogP contribution in [0.5, 0.6) is 11.5 Å². The first-order valence-corrected chi connectivity index (χ1v) is 22.1. The molecule has 0 aliphatic carbocycles. The SMILES string of the molecule is COc1ccccc1-c1cccc(-c2ccccc2OC)c1P1C(c2cc(C(C)(C)C)cc(C(C)(C)C)c2)CC(=O)CC1c1cc(C(C)(C)C)cc(C(C)(C)C)c1. The molecule has 0 radical (unpaired) electrons. The Bertz CT molecular complexity index is 2030. The second-order valence-corrected chi connectivity index (χ2v) is 22.7. The summed E-state index contributed by atoms with van der Waals surface area (Å²) in [6, 6.07) is 38.1. The number of carbonyl (C=O) groups excluding carboxylic acids is 1. The van der Waals surface area contributed by atoms with Crippen LogP contribution in [0, 0.1) is 0 Å². The lowest BCUT2D eigenvalue weighted by molar-refractivity contribution is -0.119. The normalized spacial score (nSPS) is 18.1. The molecular weight excluding hydrogens is 716 g/mol. The van der Waals surface area contributed by atoms with E-state index in [1.54, 1.807) is 14.2 Å². The molecule has 5 aromatic rings. The Kier molecular flexibility index (Phi) is 11.8. The highest BCUT2D eigenvalue weighted by Gasteiger charge is 2.43. The molecule has 300 valence electrons. The van der Waals surface area contributed by atoms with Crippen molar-refractivity contribution in [3.8, 4) is 33.8 Å². The molecule has 2 atom stereocenters. The Hall–Kier alpha value is -4.20. The topological polar surface area (TPSA) is 35.5 Å². The molecule has 0 aromatic heterocycles. The second-order valence-electron chi connectivity index (χ2n) is 20.2. The number of methoxy groups -OCH3 is 2. The molecule has 1 heterocycles. The van der Waals surface area contributed by atoms with Crippen molar-refractivity contribution >= 4 is 19.0 Å². The van der Waals surface area contributed by atoms with Gasteiger partial charge < -0.3 is 9.47 Å². The third-order valence-corrected chi connectivity index (χ3v) is 15.0. The number of carbonyl (C=O) groups is 1. The number of ketones is 1. The van der Waals surface area contributed by atoms with Crippen LogP contribution in [0.3, 0.4) is 0 Å². The molecule has 0 saturated carbocycles. The minimum atomic E-state index is -1.12. The van der Waals surface area contributed by atoms with Crippen molar-refractivity contribution in [2.75, 3.05) is 14.2 Å². The Balaban J connectivity index is 1.80. The summed E-state index contributed by atoms with van der Waals surface area (Å²) in [5.74, 6) is 2.00. The molecule has 1 fully saturated rings. The molecule has 1 saturated heterocycles. The van der Waals surface area contributed by atoms with E-state index in [2.05, 4.69) is 174 Å². The number of para-hydroxylation sites is 2. The first-order valence-electron chi connectivity index (χ1n) is 20.6. The van der Waals surface area contributed by atoms with Crippen LogP contribution < -0.4 is 14.8 Å². The fourth-order valence-electron chi connectivity index (χ4n) is 8.21. The van der Waals surface area contributed by atoms with E-state index in [0.29, 0.717) is 18.6 Å². The lowest BCUT2D eigenvalue weighted by atomic mass is 9.78. The van der Waals surface area contributed by atoms with Gasteiger partial charge in [-0.15, -0.1) is 0 Å². The van der Waals surface area contributed by atoms with Gasteiger partial charge >= 0.3 is 0 Å². The third kappa shape index (κ3) is 8.95. The summed E-state index contributed by atoms with van der Waals surface area (Å²) in [6.45, 7) is 27.7. The van der Waals surface area contributed by atoms with E-state index < -0.39 is 7.92 Å². The first kappa shape index (κ1) is 42.4. The molecule has 1 aliphatic heterocycles. The highest BCUT2D eigenvalue weighted by Crippen LogP contribution is 2.69. The van der Waals surface area contributed by atoms with Crippen molar-refractivity contribution in [2.24, 2.45) is 0 Å². The zero-order chi connectivity index (χ0) is 41.7. The predicted octanol–water partition coefficient (Wildman–Crippen LogP) is 14.2. The minimum absolute atomic E-state index is 0.0321. The van der Waals surface area contributed by atoms with Gasteiger partial charge in [-0.2, -0.15) is 0 Å². The van der Waals surface area contributed by atoms with E-state index >= 15 is 0 Å². The lowest BCUT2D eigenvalue weighted by Crippen LogP contribution is -2.27. The molecule has 4 heteroatoms. The maximum Gasteiger partial charge on any atom is 0.134 e. The van der Waals surface area contributed by atoms with Gasteiger partial charge in [0.15, 0.2) is 0 Å². The second kappa shape index (κ2) is 15.9. The smallest absolute Gasteiger partial charge is 0.134 e. The van der Waals surface area contributed by atoms with Crippen molar-refractivity contribution in [1.29, 1.82) is 0 Å². The zero-order valence-corrected chi connectivity index (χ0v) is 38.0. The van der Waals surface area contributed by atoms with Gasteiger partial charge in [0.25, 0.3) is 0 Å².